The monoisotopic (exact) mass is 398 g/mol. The van der Waals surface area contributed by atoms with Crippen molar-refractivity contribution in [2.45, 2.75) is 4.34 Å². The van der Waals surface area contributed by atoms with Crippen molar-refractivity contribution >= 4 is 51.5 Å². The molecule has 1 aromatic heterocycles. The number of carbonyl (C=O) groups excluding carboxylic acids is 1. The lowest BCUT2D eigenvalue weighted by molar-refractivity contribution is -0.384. The lowest BCUT2D eigenvalue weighted by Crippen LogP contribution is -2.13. The van der Waals surface area contributed by atoms with E-state index in [1.165, 1.54) is 35.2 Å². The molecule has 0 unspecified atom stereocenters. The average molecular weight is 398 g/mol. The molecule has 27 heavy (non-hydrogen) atoms. The Morgan fingerprint density at radius 1 is 1.19 bits per heavy atom. The Labute approximate surface area is 163 Å². The highest BCUT2D eigenvalue weighted by Crippen LogP contribution is 2.26. The van der Waals surface area contributed by atoms with Crippen LogP contribution < -0.4 is 5.32 Å². The molecule has 1 N–H and O–H groups in total. The normalized spacial score (nSPS) is 11.2. The second-order valence-corrected chi connectivity index (χ2v) is 7.34. The van der Waals surface area contributed by atoms with Crippen LogP contribution in [0.5, 0.6) is 0 Å². The van der Waals surface area contributed by atoms with Gasteiger partial charge in [-0.25, -0.2) is 0 Å². The van der Waals surface area contributed by atoms with Crippen molar-refractivity contribution in [1.29, 1.82) is 0 Å². The third-order valence-corrected chi connectivity index (χ3v) is 5.34. The summed E-state index contributed by atoms with van der Waals surface area (Å²) in [5.74, 6) is -0.364. The first-order valence-electron chi connectivity index (χ1n) is 7.77. The number of amides is 1. The SMILES string of the molecule is CSc1nnc(NC(=O)/C(=C/c2cccc([N+](=O)[O-])c2)c2ccccc2)s1. The van der Waals surface area contributed by atoms with E-state index in [0.29, 0.717) is 21.8 Å². The van der Waals surface area contributed by atoms with Crippen LogP contribution in [0.25, 0.3) is 11.6 Å². The molecule has 3 aromatic rings. The highest BCUT2D eigenvalue weighted by Gasteiger charge is 2.15. The first-order chi connectivity index (χ1) is 13.1. The van der Waals surface area contributed by atoms with E-state index in [0.717, 1.165) is 4.34 Å². The Hall–Kier alpha value is -3.04. The molecule has 0 spiro atoms. The molecule has 136 valence electrons. The Balaban J connectivity index is 1.97. The Bertz CT molecular complexity index is 1000. The van der Waals surface area contributed by atoms with Crippen molar-refractivity contribution in [3.05, 3.63) is 75.8 Å². The van der Waals surface area contributed by atoms with Crippen molar-refractivity contribution in [1.82, 2.24) is 10.2 Å². The van der Waals surface area contributed by atoms with Gasteiger partial charge in [0.15, 0.2) is 4.34 Å². The van der Waals surface area contributed by atoms with Crippen LogP contribution in [0.4, 0.5) is 10.8 Å². The summed E-state index contributed by atoms with van der Waals surface area (Å²) in [5, 5.41) is 22.0. The summed E-state index contributed by atoms with van der Waals surface area (Å²) >= 11 is 2.72. The van der Waals surface area contributed by atoms with Crippen molar-refractivity contribution in [3.8, 4) is 0 Å². The van der Waals surface area contributed by atoms with Crippen molar-refractivity contribution < 1.29 is 9.72 Å². The third kappa shape index (κ3) is 4.78. The maximum atomic E-state index is 12.9. The van der Waals surface area contributed by atoms with Gasteiger partial charge in [-0.05, 0) is 23.5 Å². The van der Waals surface area contributed by atoms with Gasteiger partial charge in [0, 0.05) is 17.7 Å². The number of thioether (sulfide) groups is 1. The predicted molar refractivity (Wildman–Crippen MR) is 108 cm³/mol. The molecule has 0 bridgehead atoms. The Kier molecular flexibility index (Phi) is 5.94. The van der Waals surface area contributed by atoms with E-state index in [1.54, 1.807) is 30.3 Å². The molecule has 0 radical (unpaired) electrons. The number of non-ortho nitro benzene ring substituents is 1. The summed E-state index contributed by atoms with van der Waals surface area (Å²) in [4.78, 5) is 23.4. The van der Waals surface area contributed by atoms with E-state index >= 15 is 0 Å². The molecule has 0 aliphatic carbocycles. The zero-order chi connectivity index (χ0) is 19.2. The van der Waals surface area contributed by atoms with Crippen LogP contribution >= 0.6 is 23.1 Å². The highest BCUT2D eigenvalue weighted by molar-refractivity contribution is 8.00. The van der Waals surface area contributed by atoms with Crippen LogP contribution in [0.15, 0.2) is 58.9 Å². The number of carbonyl (C=O) groups is 1. The summed E-state index contributed by atoms with van der Waals surface area (Å²) in [5.41, 5.74) is 1.58. The molecular formula is C18H14N4O3S2. The van der Waals surface area contributed by atoms with Crippen LogP contribution in [-0.4, -0.2) is 27.3 Å². The maximum Gasteiger partial charge on any atom is 0.270 e. The van der Waals surface area contributed by atoms with Gasteiger partial charge in [-0.15, -0.1) is 10.2 Å². The molecule has 1 amide bonds. The molecule has 0 aliphatic rings. The molecule has 3 rings (SSSR count). The number of nitrogens with zero attached hydrogens (tertiary/aromatic N) is 3. The summed E-state index contributed by atoms with van der Waals surface area (Å²) in [7, 11) is 0. The fourth-order valence-corrected chi connectivity index (χ4v) is 3.46. The number of hydrogen-bond donors (Lipinski definition) is 1. The van der Waals surface area contributed by atoms with Gasteiger partial charge in [-0.3, -0.25) is 20.2 Å². The molecular weight excluding hydrogens is 384 g/mol. The predicted octanol–water partition coefficient (Wildman–Crippen LogP) is 4.35. The van der Waals surface area contributed by atoms with Gasteiger partial charge >= 0.3 is 0 Å². The second-order valence-electron chi connectivity index (χ2n) is 5.31. The van der Waals surface area contributed by atoms with Gasteiger partial charge in [0.25, 0.3) is 11.6 Å². The lowest BCUT2D eigenvalue weighted by atomic mass is 10.0. The van der Waals surface area contributed by atoms with Crippen LogP contribution in [0, 0.1) is 10.1 Å². The van der Waals surface area contributed by atoms with E-state index in [2.05, 4.69) is 15.5 Å². The largest absolute Gasteiger partial charge is 0.296 e. The smallest absolute Gasteiger partial charge is 0.270 e. The molecule has 0 atom stereocenters. The van der Waals surface area contributed by atoms with E-state index in [1.807, 2.05) is 24.5 Å². The number of rotatable bonds is 6. The van der Waals surface area contributed by atoms with Crippen LogP contribution in [-0.2, 0) is 4.79 Å². The topological polar surface area (TPSA) is 98.0 Å². The van der Waals surface area contributed by atoms with E-state index in [-0.39, 0.29) is 11.6 Å². The summed E-state index contributed by atoms with van der Waals surface area (Å²) in [6.45, 7) is 0. The first kappa shape index (κ1) is 18.7. The summed E-state index contributed by atoms with van der Waals surface area (Å²) in [6.07, 6.45) is 3.50. The zero-order valence-corrected chi connectivity index (χ0v) is 15.8. The summed E-state index contributed by atoms with van der Waals surface area (Å²) < 4.78 is 0.745. The van der Waals surface area contributed by atoms with Crippen molar-refractivity contribution in [3.63, 3.8) is 0 Å². The van der Waals surface area contributed by atoms with Gasteiger partial charge in [-0.1, -0.05) is 65.6 Å². The van der Waals surface area contributed by atoms with Crippen molar-refractivity contribution in [2.75, 3.05) is 11.6 Å². The van der Waals surface area contributed by atoms with Gasteiger partial charge in [0.2, 0.25) is 5.13 Å². The standard InChI is InChI=1S/C18H14N4O3S2/c1-26-18-21-20-17(27-18)19-16(23)15(13-7-3-2-4-8-13)11-12-6-5-9-14(10-12)22(24)25/h2-11H,1H3,(H,19,20,23)/b15-11+. The molecule has 1 heterocycles. The van der Waals surface area contributed by atoms with Crippen LogP contribution in [0.2, 0.25) is 0 Å². The number of benzene rings is 2. The second kappa shape index (κ2) is 8.56. The quantitative estimate of drug-likeness (QED) is 0.166. The van der Waals surface area contributed by atoms with Gasteiger partial charge in [-0.2, -0.15) is 0 Å². The van der Waals surface area contributed by atoms with E-state index in [4.69, 9.17) is 0 Å². The highest BCUT2D eigenvalue weighted by atomic mass is 32.2. The van der Waals surface area contributed by atoms with Gasteiger partial charge < -0.3 is 0 Å². The van der Waals surface area contributed by atoms with Crippen LogP contribution in [0.1, 0.15) is 11.1 Å². The van der Waals surface area contributed by atoms with Crippen LogP contribution in [0.3, 0.4) is 0 Å². The first-order valence-corrected chi connectivity index (χ1v) is 9.81. The molecule has 9 heteroatoms. The molecule has 0 fully saturated rings. The van der Waals surface area contributed by atoms with E-state index in [9.17, 15) is 14.9 Å². The molecule has 0 aliphatic heterocycles. The number of nitro benzene ring substituents is 1. The number of anilines is 1. The Morgan fingerprint density at radius 2 is 1.96 bits per heavy atom. The minimum Gasteiger partial charge on any atom is -0.296 e. The van der Waals surface area contributed by atoms with Gasteiger partial charge in [0.05, 0.1) is 4.92 Å². The maximum absolute atomic E-state index is 12.9. The zero-order valence-electron chi connectivity index (χ0n) is 14.2. The number of hydrogen-bond acceptors (Lipinski definition) is 7. The molecule has 7 nitrogen and oxygen atoms in total. The number of aromatic nitrogens is 2. The van der Waals surface area contributed by atoms with Gasteiger partial charge in [0.1, 0.15) is 0 Å². The molecule has 0 saturated carbocycles. The average Bonchev–Trinajstić information content (AvgIpc) is 3.14. The molecule has 0 saturated heterocycles. The fourth-order valence-electron chi connectivity index (χ4n) is 2.30. The fraction of sp³-hybridized carbons (Fsp3) is 0.0556. The lowest BCUT2D eigenvalue weighted by Gasteiger charge is -2.08. The number of nitro groups is 1. The minimum atomic E-state index is -0.467. The number of nitrogens with one attached hydrogen (secondary N) is 1. The third-order valence-electron chi connectivity index (χ3n) is 3.52. The Morgan fingerprint density at radius 3 is 2.63 bits per heavy atom. The van der Waals surface area contributed by atoms with E-state index < -0.39 is 4.92 Å². The summed E-state index contributed by atoms with van der Waals surface area (Å²) in [6, 6.07) is 15.2. The van der Waals surface area contributed by atoms with Crippen molar-refractivity contribution in [2.24, 2.45) is 0 Å². The minimum absolute atomic E-state index is 0.0368. The molecule has 2 aromatic carbocycles.